The van der Waals surface area contributed by atoms with Crippen molar-refractivity contribution in [3.05, 3.63) is 35.4 Å². The molecule has 5 nitrogen and oxygen atoms in total. The van der Waals surface area contributed by atoms with Crippen LogP contribution in [0.15, 0.2) is 24.3 Å². The Bertz CT molecular complexity index is 597. The van der Waals surface area contributed by atoms with Gasteiger partial charge in [-0.05, 0) is 31.4 Å². The average molecular weight is 312 g/mol. The zero-order valence-electron chi connectivity index (χ0n) is 13.7. The number of rotatable bonds is 5. The van der Waals surface area contributed by atoms with Gasteiger partial charge in [0.15, 0.2) is 0 Å². The van der Waals surface area contributed by atoms with E-state index in [0.29, 0.717) is 6.04 Å². The van der Waals surface area contributed by atoms with Crippen molar-refractivity contribution in [2.75, 3.05) is 26.2 Å². The molecule has 1 saturated heterocycles. The lowest BCUT2D eigenvalue weighted by molar-refractivity contribution is -0.126. The molecular formula is C18H24N4O. The van der Waals surface area contributed by atoms with E-state index in [1.807, 2.05) is 31.2 Å². The topological polar surface area (TPSA) is 59.4 Å². The molecule has 2 aliphatic rings. The summed E-state index contributed by atoms with van der Waals surface area (Å²) < 4.78 is 0. The summed E-state index contributed by atoms with van der Waals surface area (Å²) in [7, 11) is 0. The first-order valence-electron chi connectivity index (χ1n) is 8.42. The van der Waals surface area contributed by atoms with Gasteiger partial charge in [-0.3, -0.25) is 14.6 Å². The lowest BCUT2D eigenvalue weighted by atomic mass is 10.1. The number of amides is 1. The number of nitrogens with zero attached hydrogens (tertiary/aromatic N) is 3. The van der Waals surface area contributed by atoms with Crippen LogP contribution >= 0.6 is 0 Å². The normalized spacial score (nSPS) is 20.7. The third-order valence-corrected chi connectivity index (χ3v) is 4.79. The maximum atomic E-state index is 12.1. The maximum Gasteiger partial charge on any atom is 0.237 e. The molecule has 1 aliphatic heterocycles. The van der Waals surface area contributed by atoms with Gasteiger partial charge in [-0.15, -0.1) is 0 Å². The van der Waals surface area contributed by atoms with Gasteiger partial charge >= 0.3 is 0 Å². The fourth-order valence-electron chi connectivity index (χ4n) is 3.03. The van der Waals surface area contributed by atoms with Crippen LogP contribution < -0.4 is 5.32 Å². The molecule has 0 radical (unpaired) electrons. The smallest absolute Gasteiger partial charge is 0.237 e. The highest BCUT2D eigenvalue weighted by Gasteiger charge is 2.29. The van der Waals surface area contributed by atoms with E-state index in [0.717, 1.165) is 56.7 Å². The van der Waals surface area contributed by atoms with Crippen LogP contribution in [0.5, 0.6) is 0 Å². The van der Waals surface area contributed by atoms with E-state index < -0.39 is 0 Å². The van der Waals surface area contributed by atoms with Gasteiger partial charge in [0.05, 0.1) is 17.7 Å². The molecular weight excluding hydrogens is 288 g/mol. The minimum Gasteiger partial charge on any atom is -0.352 e. The van der Waals surface area contributed by atoms with Crippen LogP contribution in [0.25, 0.3) is 0 Å². The molecule has 5 heteroatoms. The first kappa shape index (κ1) is 16.0. The molecule has 1 aromatic carbocycles. The lowest BCUT2D eigenvalue weighted by Gasteiger charge is -2.37. The van der Waals surface area contributed by atoms with Gasteiger partial charge in [-0.2, -0.15) is 5.26 Å². The average Bonchev–Trinajstić information content (AvgIpc) is 3.39. The van der Waals surface area contributed by atoms with E-state index in [9.17, 15) is 10.1 Å². The first-order chi connectivity index (χ1) is 11.2. The highest BCUT2D eigenvalue weighted by Crippen LogP contribution is 2.19. The highest BCUT2D eigenvalue weighted by molar-refractivity contribution is 5.81. The molecule has 23 heavy (non-hydrogen) atoms. The SMILES string of the molecule is CC(C(=O)NC1CC1)N1CCN(Cc2ccccc2C#N)CC1. The molecule has 1 aromatic rings. The van der Waals surface area contributed by atoms with Gasteiger partial charge < -0.3 is 5.32 Å². The molecule has 1 saturated carbocycles. The summed E-state index contributed by atoms with van der Waals surface area (Å²) in [4.78, 5) is 16.8. The lowest BCUT2D eigenvalue weighted by Crippen LogP contribution is -2.53. The second kappa shape index (κ2) is 7.12. The highest BCUT2D eigenvalue weighted by atomic mass is 16.2. The van der Waals surface area contributed by atoms with E-state index in [1.54, 1.807) is 0 Å². The monoisotopic (exact) mass is 312 g/mol. The zero-order valence-corrected chi connectivity index (χ0v) is 13.7. The quantitative estimate of drug-likeness (QED) is 0.891. The molecule has 1 amide bonds. The van der Waals surface area contributed by atoms with Gasteiger partial charge in [0.2, 0.25) is 5.91 Å². The van der Waals surface area contributed by atoms with Crippen LogP contribution in [0.1, 0.15) is 30.9 Å². The summed E-state index contributed by atoms with van der Waals surface area (Å²) in [5, 5.41) is 12.3. The second-order valence-corrected chi connectivity index (χ2v) is 6.54. The number of nitriles is 1. The van der Waals surface area contributed by atoms with Crippen molar-refractivity contribution in [1.29, 1.82) is 5.26 Å². The van der Waals surface area contributed by atoms with Crippen molar-refractivity contribution < 1.29 is 4.79 Å². The van der Waals surface area contributed by atoms with Gasteiger partial charge in [0.1, 0.15) is 0 Å². The van der Waals surface area contributed by atoms with Crippen LogP contribution in [0, 0.1) is 11.3 Å². The Morgan fingerprint density at radius 1 is 1.30 bits per heavy atom. The summed E-state index contributed by atoms with van der Waals surface area (Å²) in [6.45, 7) is 6.46. The summed E-state index contributed by atoms with van der Waals surface area (Å²) >= 11 is 0. The van der Waals surface area contributed by atoms with E-state index in [4.69, 9.17) is 0 Å². The number of carbonyl (C=O) groups excluding carboxylic acids is 1. The van der Waals surface area contributed by atoms with Crippen molar-refractivity contribution in [3.8, 4) is 6.07 Å². The number of nitrogens with one attached hydrogen (secondary N) is 1. The molecule has 0 bridgehead atoms. The third-order valence-electron chi connectivity index (χ3n) is 4.79. The Kier molecular flexibility index (Phi) is 4.94. The van der Waals surface area contributed by atoms with E-state index >= 15 is 0 Å². The third kappa shape index (κ3) is 4.10. The summed E-state index contributed by atoms with van der Waals surface area (Å²) in [6.07, 6.45) is 2.26. The Morgan fingerprint density at radius 2 is 2.00 bits per heavy atom. The molecule has 122 valence electrons. The van der Waals surface area contributed by atoms with Crippen LogP contribution in [0.2, 0.25) is 0 Å². The summed E-state index contributed by atoms with van der Waals surface area (Å²) in [6, 6.07) is 10.4. The Labute approximate surface area is 137 Å². The number of benzene rings is 1. The van der Waals surface area contributed by atoms with Crippen molar-refractivity contribution in [2.45, 2.75) is 38.4 Å². The number of hydrogen-bond donors (Lipinski definition) is 1. The minimum absolute atomic E-state index is 0.0517. The fraction of sp³-hybridized carbons (Fsp3) is 0.556. The summed E-state index contributed by atoms with van der Waals surface area (Å²) in [5.41, 5.74) is 1.84. The first-order valence-corrected chi connectivity index (χ1v) is 8.42. The fourth-order valence-corrected chi connectivity index (χ4v) is 3.03. The molecule has 3 rings (SSSR count). The molecule has 0 aromatic heterocycles. The standard InChI is InChI=1S/C18H24N4O/c1-14(18(23)20-17-6-7-17)22-10-8-21(9-11-22)13-16-5-3-2-4-15(16)12-19/h2-5,14,17H,6-11,13H2,1H3,(H,20,23). The largest absolute Gasteiger partial charge is 0.352 e. The van der Waals surface area contributed by atoms with Gasteiger partial charge in [-0.1, -0.05) is 18.2 Å². The summed E-state index contributed by atoms with van der Waals surface area (Å²) in [5.74, 6) is 0.163. The predicted molar refractivity (Wildman–Crippen MR) is 88.6 cm³/mol. The van der Waals surface area contributed by atoms with Gasteiger partial charge in [0, 0.05) is 38.8 Å². The Hall–Kier alpha value is -1.90. The van der Waals surface area contributed by atoms with Crippen LogP contribution in [-0.4, -0.2) is 54.0 Å². The zero-order chi connectivity index (χ0) is 16.2. The van der Waals surface area contributed by atoms with Crippen LogP contribution in [-0.2, 0) is 11.3 Å². The molecule has 1 N–H and O–H groups in total. The molecule has 0 spiro atoms. The number of hydrogen-bond acceptors (Lipinski definition) is 4. The Morgan fingerprint density at radius 3 is 2.65 bits per heavy atom. The van der Waals surface area contributed by atoms with Crippen LogP contribution in [0.3, 0.4) is 0 Å². The predicted octanol–water partition coefficient (Wildman–Crippen LogP) is 1.34. The van der Waals surface area contributed by atoms with E-state index in [2.05, 4.69) is 21.2 Å². The van der Waals surface area contributed by atoms with Crippen molar-refractivity contribution in [3.63, 3.8) is 0 Å². The van der Waals surface area contributed by atoms with Crippen LogP contribution in [0.4, 0.5) is 0 Å². The number of piperazine rings is 1. The molecule has 1 atom stereocenters. The van der Waals surface area contributed by atoms with E-state index in [-0.39, 0.29) is 11.9 Å². The van der Waals surface area contributed by atoms with Crippen molar-refractivity contribution in [2.24, 2.45) is 0 Å². The number of carbonyl (C=O) groups is 1. The maximum absolute atomic E-state index is 12.1. The molecule has 1 unspecified atom stereocenters. The second-order valence-electron chi connectivity index (χ2n) is 6.54. The molecule has 1 aliphatic carbocycles. The molecule has 2 fully saturated rings. The van der Waals surface area contributed by atoms with E-state index in [1.165, 1.54) is 0 Å². The minimum atomic E-state index is -0.0517. The Balaban J connectivity index is 1.50. The molecule has 1 heterocycles. The van der Waals surface area contributed by atoms with Gasteiger partial charge in [-0.25, -0.2) is 0 Å². The van der Waals surface area contributed by atoms with Crippen molar-refractivity contribution in [1.82, 2.24) is 15.1 Å². The van der Waals surface area contributed by atoms with Gasteiger partial charge in [0.25, 0.3) is 0 Å². The van der Waals surface area contributed by atoms with Crippen molar-refractivity contribution >= 4 is 5.91 Å².